The van der Waals surface area contributed by atoms with Gasteiger partial charge in [0, 0.05) is 0 Å². The summed E-state index contributed by atoms with van der Waals surface area (Å²) >= 11 is 0. The van der Waals surface area contributed by atoms with Crippen LogP contribution in [0.2, 0.25) is 0 Å². The first kappa shape index (κ1) is 15.5. The number of unbranched alkanes of at least 4 members (excludes halogenated alkanes) is 1. The van der Waals surface area contributed by atoms with Crippen molar-refractivity contribution in [3.63, 3.8) is 0 Å². The summed E-state index contributed by atoms with van der Waals surface area (Å²) in [6.07, 6.45) is 3.27. The van der Waals surface area contributed by atoms with Gasteiger partial charge in [0.25, 0.3) is 0 Å². The Hall–Kier alpha value is -1.51. The van der Waals surface area contributed by atoms with Gasteiger partial charge in [-0.05, 0) is 38.3 Å². The Morgan fingerprint density at radius 3 is 2.37 bits per heavy atom. The van der Waals surface area contributed by atoms with Gasteiger partial charge in [-0.15, -0.1) is 0 Å². The predicted molar refractivity (Wildman–Crippen MR) is 76.3 cm³/mol. The number of rotatable bonds is 8. The van der Waals surface area contributed by atoms with Crippen molar-refractivity contribution in [3.05, 3.63) is 30.3 Å². The van der Waals surface area contributed by atoms with Crippen LogP contribution in [-0.4, -0.2) is 18.2 Å². The van der Waals surface area contributed by atoms with E-state index >= 15 is 0 Å². The molecule has 0 heterocycles. The number of hydrogen-bond donors (Lipinski definition) is 0. The number of para-hydroxylation sites is 1. The molecule has 0 aromatic heterocycles. The molecule has 0 saturated heterocycles. The minimum absolute atomic E-state index is 0.255. The van der Waals surface area contributed by atoms with Gasteiger partial charge in [0.2, 0.25) is 5.60 Å². The Morgan fingerprint density at radius 2 is 1.84 bits per heavy atom. The van der Waals surface area contributed by atoms with E-state index in [1.54, 1.807) is 0 Å². The molecule has 0 radical (unpaired) electrons. The molecule has 0 fully saturated rings. The molecule has 19 heavy (non-hydrogen) atoms. The molecule has 1 aromatic carbocycles. The molecule has 1 atom stereocenters. The molecular weight excluding hydrogens is 240 g/mol. The van der Waals surface area contributed by atoms with Gasteiger partial charge in [0.1, 0.15) is 5.75 Å². The summed E-state index contributed by atoms with van der Waals surface area (Å²) in [5, 5.41) is 0. The van der Waals surface area contributed by atoms with E-state index in [-0.39, 0.29) is 5.97 Å². The smallest absolute Gasteiger partial charge is 0.350 e. The van der Waals surface area contributed by atoms with Crippen molar-refractivity contribution < 1.29 is 14.3 Å². The van der Waals surface area contributed by atoms with Gasteiger partial charge in [-0.25, -0.2) is 4.79 Å². The lowest BCUT2D eigenvalue weighted by Crippen LogP contribution is -2.45. The Labute approximate surface area is 115 Å². The van der Waals surface area contributed by atoms with Crippen LogP contribution in [-0.2, 0) is 9.53 Å². The van der Waals surface area contributed by atoms with Crippen molar-refractivity contribution in [2.45, 2.75) is 52.1 Å². The first-order valence-corrected chi connectivity index (χ1v) is 7.09. The van der Waals surface area contributed by atoms with E-state index in [0.29, 0.717) is 25.2 Å². The van der Waals surface area contributed by atoms with Crippen LogP contribution in [0, 0.1) is 0 Å². The third-order valence-electron chi connectivity index (χ3n) is 3.21. The maximum absolute atomic E-state index is 12.3. The van der Waals surface area contributed by atoms with E-state index in [1.807, 2.05) is 44.2 Å². The average Bonchev–Trinajstić information content (AvgIpc) is 2.45. The normalized spacial score (nSPS) is 13.6. The Morgan fingerprint density at radius 1 is 1.16 bits per heavy atom. The molecule has 1 rings (SSSR count). The molecule has 106 valence electrons. The molecule has 1 aromatic rings. The topological polar surface area (TPSA) is 35.5 Å². The monoisotopic (exact) mass is 264 g/mol. The summed E-state index contributed by atoms with van der Waals surface area (Å²) in [6.45, 7) is 6.27. The van der Waals surface area contributed by atoms with Gasteiger partial charge in [-0.3, -0.25) is 0 Å². The fourth-order valence-corrected chi connectivity index (χ4v) is 2.03. The Balaban J connectivity index is 2.91. The lowest BCUT2D eigenvalue weighted by Gasteiger charge is -2.31. The fourth-order valence-electron chi connectivity index (χ4n) is 2.03. The largest absolute Gasteiger partial charge is 0.476 e. The van der Waals surface area contributed by atoms with E-state index in [0.717, 1.165) is 12.8 Å². The standard InChI is InChI=1S/C16H24O3/c1-4-7-13-16(5-2,15(17)18-6-3)19-14-11-9-8-10-12-14/h8-12H,4-7,13H2,1-3H3. The highest BCUT2D eigenvalue weighted by Crippen LogP contribution is 2.28. The molecule has 0 aliphatic rings. The van der Waals surface area contributed by atoms with E-state index < -0.39 is 5.60 Å². The molecule has 0 saturated carbocycles. The minimum Gasteiger partial charge on any atom is -0.476 e. The molecule has 0 spiro atoms. The maximum atomic E-state index is 12.3. The number of esters is 1. The van der Waals surface area contributed by atoms with Crippen LogP contribution in [0.15, 0.2) is 30.3 Å². The van der Waals surface area contributed by atoms with Crippen molar-refractivity contribution in [2.75, 3.05) is 6.61 Å². The highest BCUT2D eigenvalue weighted by atomic mass is 16.6. The van der Waals surface area contributed by atoms with E-state index in [2.05, 4.69) is 6.92 Å². The summed E-state index contributed by atoms with van der Waals surface area (Å²) in [4.78, 5) is 12.3. The van der Waals surface area contributed by atoms with Gasteiger partial charge >= 0.3 is 5.97 Å². The molecule has 0 aliphatic heterocycles. The van der Waals surface area contributed by atoms with Crippen LogP contribution in [0.1, 0.15) is 46.5 Å². The number of hydrogen-bond acceptors (Lipinski definition) is 3. The first-order valence-electron chi connectivity index (χ1n) is 7.09. The molecule has 0 aliphatic carbocycles. The van der Waals surface area contributed by atoms with E-state index in [1.165, 1.54) is 0 Å². The fraction of sp³-hybridized carbons (Fsp3) is 0.562. The zero-order valence-corrected chi connectivity index (χ0v) is 12.1. The van der Waals surface area contributed by atoms with E-state index in [4.69, 9.17) is 9.47 Å². The zero-order chi connectivity index (χ0) is 14.1. The molecule has 1 unspecified atom stereocenters. The van der Waals surface area contributed by atoms with Crippen molar-refractivity contribution in [1.29, 1.82) is 0 Å². The molecular formula is C16H24O3. The van der Waals surface area contributed by atoms with Crippen LogP contribution in [0.5, 0.6) is 5.75 Å². The SMILES string of the molecule is CCCCC(CC)(Oc1ccccc1)C(=O)OCC. The van der Waals surface area contributed by atoms with Crippen LogP contribution in [0.25, 0.3) is 0 Å². The van der Waals surface area contributed by atoms with Crippen LogP contribution < -0.4 is 4.74 Å². The van der Waals surface area contributed by atoms with Gasteiger partial charge in [0.15, 0.2) is 0 Å². The predicted octanol–water partition coefficient (Wildman–Crippen LogP) is 3.97. The van der Waals surface area contributed by atoms with Gasteiger partial charge in [-0.2, -0.15) is 0 Å². The third-order valence-corrected chi connectivity index (χ3v) is 3.21. The van der Waals surface area contributed by atoms with Gasteiger partial charge < -0.3 is 9.47 Å². The summed E-state index contributed by atoms with van der Waals surface area (Å²) in [5.74, 6) is 0.461. The minimum atomic E-state index is -0.854. The number of carbonyl (C=O) groups excluding carboxylic acids is 1. The zero-order valence-electron chi connectivity index (χ0n) is 12.1. The van der Waals surface area contributed by atoms with Crippen molar-refractivity contribution in [1.82, 2.24) is 0 Å². The second kappa shape index (κ2) is 7.82. The van der Waals surface area contributed by atoms with Crippen molar-refractivity contribution in [3.8, 4) is 5.75 Å². The lowest BCUT2D eigenvalue weighted by molar-refractivity contribution is -0.163. The van der Waals surface area contributed by atoms with Crippen LogP contribution in [0.3, 0.4) is 0 Å². The van der Waals surface area contributed by atoms with Crippen molar-refractivity contribution >= 4 is 5.97 Å². The number of ether oxygens (including phenoxy) is 2. The second-order valence-electron chi connectivity index (χ2n) is 4.59. The Bertz CT molecular complexity index is 375. The highest BCUT2D eigenvalue weighted by molar-refractivity contribution is 5.80. The number of benzene rings is 1. The van der Waals surface area contributed by atoms with Gasteiger partial charge in [-0.1, -0.05) is 38.5 Å². The number of carbonyl (C=O) groups is 1. The summed E-state index contributed by atoms with van der Waals surface area (Å²) < 4.78 is 11.2. The maximum Gasteiger partial charge on any atom is 0.350 e. The molecule has 3 heteroatoms. The molecule has 0 amide bonds. The molecule has 3 nitrogen and oxygen atoms in total. The van der Waals surface area contributed by atoms with Crippen LogP contribution >= 0.6 is 0 Å². The molecule has 0 N–H and O–H groups in total. The van der Waals surface area contributed by atoms with Crippen LogP contribution in [0.4, 0.5) is 0 Å². The lowest BCUT2D eigenvalue weighted by atomic mass is 9.93. The third kappa shape index (κ3) is 4.27. The highest BCUT2D eigenvalue weighted by Gasteiger charge is 2.40. The summed E-state index contributed by atoms with van der Waals surface area (Å²) in [6, 6.07) is 9.48. The van der Waals surface area contributed by atoms with Gasteiger partial charge in [0.05, 0.1) is 6.61 Å². The van der Waals surface area contributed by atoms with Crippen molar-refractivity contribution in [2.24, 2.45) is 0 Å². The van der Waals surface area contributed by atoms with E-state index in [9.17, 15) is 4.79 Å². The summed E-state index contributed by atoms with van der Waals surface area (Å²) in [7, 11) is 0. The summed E-state index contributed by atoms with van der Waals surface area (Å²) in [5.41, 5.74) is -0.854. The second-order valence-corrected chi connectivity index (χ2v) is 4.59. The quantitative estimate of drug-likeness (QED) is 0.666. The molecule has 0 bridgehead atoms. The first-order chi connectivity index (χ1) is 9.18. The Kier molecular flexibility index (Phi) is 6.40. The average molecular weight is 264 g/mol.